The molecule has 23 heavy (non-hydrogen) atoms. The summed E-state index contributed by atoms with van der Waals surface area (Å²) in [5.74, 6) is -0.733. The number of thioether (sulfide) groups is 1. The highest BCUT2D eigenvalue weighted by molar-refractivity contribution is 8.14. The summed E-state index contributed by atoms with van der Waals surface area (Å²) in [6, 6.07) is 5.23. The zero-order chi connectivity index (χ0) is 17.0. The molecule has 8 heteroatoms. The summed E-state index contributed by atoms with van der Waals surface area (Å²) >= 11 is 2.27. The van der Waals surface area contributed by atoms with Gasteiger partial charge in [0.15, 0.2) is 9.92 Å². The van der Waals surface area contributed by atoms with E-state index in [1.165, 1.54) is 25.4 Å². The Balaban J connectivity index is 2.45. The Bertz CT molecular complexity index is 836. The van der Waals surface area contributed by atoms with E-state index in [9.17, 15) is 14.4 Å². The lowest BCUT2D eigenvalue weighted by molar-refractivity contribution is -0.116. The van der Waals surface area contributed by atoms with Crippen molar-refractivity contribution in [2.24, 2.45) is 4.99 Å². The molecule has 0 unspecified atom stereocenters. The Kier molecular flexibility index (Phi) is 5.73. The first kappa shape index (κ1) is 17.4. The number of nitrogens with zero attached hydrogens (tertiary/aromatic N) is 2. The second kappa shape index (κ2) is 7.56. The van der Waals surface area contributed by atoms with Gasteiger partial charge in [-0.1, -0.05) is 23.1 Å². The third-order valence-electron chi connectivity index (χ3n) is 3.04. The lowest BCUT2D eigenvalue weighted by Gasteiger charge is -2.01. The van der Waals surface area contributed by atoms with E-state index in [4.69, 9.17) is 4.74 Å². The quantitative estimate of drug-likeness (QED) is 0.789. The van der Waals surface area contributed by atoms with Gasteiger partial charge < -0.3 is 9.30 Å². The van der Waals surface area contributed by atoms with E-state index >= 15 is 0 Å². The molecule has 0 spiro atoms. The van der Waals surface area contributed by atoms with Crippen LogP contribution in [0.2, 0.25) is 0 Å². The molecular weight excluding hydrogens is 336 g/mol. The van der Waals surface area contributed by atoms with Crippen LogP contribution in [0.3, 0.4) is 0 Å². The van der Waals surface area contributed by atoms with Crippen molar-refractivity contribution in [2.45, 2.75) is 20.4 Å². The Morgan fingerprint density at radius 2 is 2.09 bits per heavy atom. The number of esters is 1. The number of ether oxygens (including phenoxy) is 1. The highest BCUT2D eigenvalue weighted by Gasteiger charge is 2.11. The molecule has 0 fully saturated rings. The van der Waals surface area contributed by atoms with Crippen molar-refractivity contribution < 1.29 is 19.1 Å². The Morgan fingerprint density at radius 1 is 1.35 bits per heavy atom. The largest absolute Gasteiger partial charge is 0.465 e. The van der Waals surface area contributed by atoms with Crippen LogP contribution in [-0.2, 0) is 20.9 Å². The number of methoxy groups -OCH3 is 1. The first-order valence-corrected chi connectivity index (χ1v) is 8.69. The van der Waals surface area contributed by atoms with Gasteiger partial charge in [-0.05, 0) is 25.1 Å². The maximum atomic E-state index is 11.9. The van der Waals surface area contributed by atoms with Crippen LogP contribution in [0.25, 0.3) is 10.2 Å². The van der Waals surface area contributed by atoms with Gasteiger partial charge in [-0.15, -0.1) is 0 Å². The van der Waals surface area contributed by atoms with E-state index < -0.39 is 5.97 Å². The van der Waals surface area contributed by atoms with Crippen LogP contribution in [0, 0.1) is 0 Å². The van der Waals surface area contributed by atoms with Crippen molar-refractivity contribution in [2.75, 3.05) is 12.9 Å². The summed E-state index contributed by atoms with van der Waals surface area (Å²) in [5.41, 5.74) is 1.35. The molecule has 0 radical (unpaired) electrons. The third-order valence-corrected chi connectivity index (χ3v) is 4.88. The minimum Gasteiger partial charge on any atom is -0.465 e. The van der Waals surface area contributed by atoms with Gasteiger partial charge in [-0.3, -0.25) is 9.59 Å². The fourth-order valence-corrected chi connectivity index (χ4v) is 3.55. The number of hydrogen-bond donors (Lipinski definition) is 0. The van der Waals surface area contributed by atoms with Crippen LogP contribution in [0.4, 0.5) is 0 Å². The summed E-state index contributed by atoms with van der Waals surface area (Å²) in [5, 5.41) is -0.115. The summed E-state index contributed by atoms with van der Waals surface area (Å²) in [7, 11) is 1.33. The van der Waals surface area contributed by atoms with Crippen molar-refractivity contribution in [1.29, 1.82) is 0 Å². The van der Waals surface area contributed by atoms with Crippen LogP contribution >= 0.6 is 23.1 Å². The molecule has 0 aliphatic rings. The average Bonchev–Trinajstić information content (AvgIpc) is 2.87. The molecule has 0 aliphatic carbocycles. The summed E-state index contributed by atoms with van der Waals surface area (Å²) in [4.78, 5) is 39.0. The molecule has 2 rings (SSSR count). The molecule has 0 atom stereocenters. The van der Waals surface area contributed by atoms with Crippen LogP contribution in [-0.4, -0.2) is 34.4 Å². The monoisotopic (exact) mass is 352 g/mol. The third kappa shape index (κ3) is 4.08. The van der Waals surface area contributed by atoms with Crippen LogP contribution in [0.1, 0.15) is 24.2 Å². The Hall–Kier alpha value is -1.93. The molecule has 1 aromatic heterocycles. The van der Waals surface area contributed by atoms with Gasteiger partial charge in [0.25, 0.3) is 5.91 Å². The fraction of sp³-hybridized carbons (Fsp3) is 0.333. The van der Waals surface area contributed by atoms with E-state index in [1.807, 2.05) is 17.6 Å². The SMILES string of the molecule is CCn1c(=NC(=O)CSC(C)=O)sc2cc(C(=O)OC)ccc21. The molecule has 0 saturated carbocycles. The number of amides is 1. The number of aromatic nitrogens is 1. The first-order valence-electron chi connectivity index (χ1n) is 6.89. The number of rotatable bonds is 4. The number of carbonyl (C=O) groups excluding carboxylic acids is 3. The van der Waals surface area contributed by atoms with E-state index in [2.05, 4.69) is 4.99 Å². The molecule has 0 aliphatic heterocycles. The van der Waals surface area contributed by atoms with Crippen molar-refractivity contribution in [3.05, 3.63) is 28.6 Å². The Labute approximate surface area is 141 Å². The smallest absolute Gasteiger partial charge is 0.337 e. The molecule has 1 amide bonds. The molecule has 0 N–H and O–H groups in total. The standard InChI is InChI=1S/C15H16N2O4S2/c1-4-17-11-6-5-10(14(20)21-3)7-12(11)23-15(17)16-13(19)8-22-9(2)18/h5-7H,4,8H2,1-3H3. The number of aryl methyl sites for hydroxylation is 1. The van der Waals surface area contributed by atoms with Gasteiger partial charge in [-0.2, -0.15) is 4.99 Å². The van der Waals surface area contributed by atoms with Gasteiger partial charge in [0, 0.05) is 13.5 Å². The number of thiazole rings is 1. The van der Waals surface area contributed by atoms with Crippen LogP contribution in [0.15, 0.2) is 23.2 Å². The molecule has 1 heterocycles. The highest BCUT2D eigenvalue weighted by atomic mass is 32.2. The van der Waals surface area contributed by atoms with E-state index in [-0.39, 0.29) is 16.8 Å². The second-order valence-electron chi connectivity index (χ2n) is 4.59. The molecule has 2 aromatic rings. The number of carbonyl (C=O) groups is 3. The van der Waals surface area contributed by atoms with Crippen molar-refractivity contribution in [3.8, 4) is 0 Å². The minimum absolute atomic E-state index is 0.0285. The zero-order valence-corrected chi connectivity index (χ0v) is 14.6. The molecule has 0 saturated heterocycles. The van der Waals surface area contributed by atoms with Gasteiger partial charge in [0.1, 0.15) is 0 Å². The number of hydrogen-bond acceptors (Lipinski definition) is 6. The maximum absolute atomic E-state index is 11.9. The van der Waals surface area contributed by atoms with Crippen LogP contribution in [0.5, 0.6) is 0 Å². The fourth-order valence-electron chi connectivity index (χ4n) is 2.01. The molecule has 6 nitrogen and oxygen atoms in total. The zero-order valence-electron chi connectivity index (χ0n) is 13.0. The normalized spacial score (nSPS) is 11.7. The number of fused-ring (bicyclic) bond motifs is 1. The Morgan fingerprint density at radius 3 is 2.70 bits per heavy atom. The van der Waals surface area contributed by atoms with Gasteiger partial charge in [0.05, 0.1) is 28.6 Å². The second-order valence-corrected chi connectivity index (χ2v) is 6.75. The topological polar surface area (TPSA) is 77.7 Å². The van der Waals surface area contributed by atoms with Gasteiger partial charge >= 0.3 is 5.97 Å². The van der Waals surface area contributed by atoms with E-state index in [1.54, 1.807) is 12.1 Å². The highest BCUT2D eigenvalue weighted by Crippen LogP contribution is 2.20. The van der Waals surface area contributed by atoms with Crippen molar-refractivity contribution in [3.63, 3.8) is 0 Å². The summed E-state index contributed by atoms with van der Waals surface area (Å²) in [6.07, 6.45) is 0. The van der Waals surface area contributed by atoms with Crippen molar-refractivity contribution in [1.82, 2.24) is 4.57 Å². The lowest BCUT2D eigenvalue weighted by atomic mass is 10.2. The van der Waals surface area contributed by atoms with Crippen LogP contribution < -0.4 is 4.80 Å². The minimum atomic E-state index is -0.407. The summed E-state index contributed by atoms with van der Waals surface area (Å²) < 4.78 is 7.46. The van der Waals surface area contributed by atoms with E-state index in [0.29, 0.717) is 16.9 Å². The maximum Gasteiger partial charge on any atom is 0.337 e. The van der Waals surface area contributed by atoms with Gasteiger partial charge in [-0.25, -0.2) is 4.79 Å². The van der Waals surface area contributed by atoms with E-state index in [0.717, 1.165) is 22.0 Å². The average molecular weight is 352 g/mol. The molecule has 122 valence electrons. The molecule has 1 aromatic carbocycles. The predicted molar refractivity (Wildman–Crippen MR) is 90.5 cm³/mol. The van der Waals surface area contributed by atoms with Crippen molar-refractivity contribution >= 4 is 50.3 Å². The molecule has 0 bridgehead atoms. The molecular formula is C15H16N2O4S2. The predicted octanol–water partition coefficient (Wildman–Crippen LogP) is 2.22. The van der Waals surface area contributed by atoms with Gasteiger partial charge in [0.2, 0.25) is 0 Å². The lowest BCUT2D eigenvalue weighted by Crippen LogP contribution is -2.16. The summed E-state index contributed by atoms with van der Waals surface area (Å²) in [6.45, 7) is 4.01. The number of benzene rings is 1. The first-order chi connectivity index (χ1) is 11.0.